The van der Waals surface area contributed by atoms with Gasteiger partial charge in [0.15, 0.2) is 17.4 Å². The molecule has 92 valence electrons. The predicted molar refractivity (Wildman–Crippen MR) is 66.3 cm³/mol. The zero-order chi connectivity index (χ0) is 13.1. The molecule has 1 heterocycles. The molecule has 2 rings (SSSR count). The molecule has 0 aliphatic carbocycles. The molecule has 2 nitrogen and oxygen atoms in total. The summed E-state index contributed by atoms with van der Waals surface area (Å²) in [7, 11) is 0. The third kappa shape index (κ3) is 2.98. The number of benzene rings is 1. The Morgan fingerprint density at radius 3 is 2.61 bits per heavy atom. The highest BCUT2D eigenvalue weighted by Gasteiger charge is 2.10. The molecule has 0 atom stereocenters. The van der Waals surface area contributed by atoms with E-state index in [2.05, 4.69) is 20.9 Å². The summed E-state index contributed by atoms with van der Waals surface area (Å²) in [6.07, 6.45) is 3.26. The van der Waals surface area contributed by atoms with Crippen molar-refractivity contribution in [2.45, 2.75) is 6.42 Å². The zero-order valence-corrected chi connectivity index (χ0v) is 10.7. The molecule has 0 saturated carbocycles. The van der Waals surface area contributed by atoms with Crippen LogP contribution in [0.15, 0.2) is 41.1 Å². The maximum Gasteiger partial charge on any atom is 0.167 e. The summed E-state index contributed by atoms with van der Waals surface area (Å²) < 4.78 is 26.5. The molecular formula is C13H8BrF2NO. The number of nitrogens with zero attached hydrogens (tertiary/aromatic N) is 1. The first kappa shape index (κ1) is 12.8. The molecule has 2 aromatic rings. The van der Waals surface area contributed by atoms with Crippen molar-refractivity contribution in [2.75, 3.05) is 0 Å². The van der Waals surface area contributed by atoms with Crippen molar-refractivity contribution in [1.82, 2.24) is 4.98 Å². The fourth-order valence-corrected chi connectivity index (χ4v) is 1.92. The molecule has 0 radical (unpaired) electrons. The number of carbonyl (C=O) groups excluding carboxylic acids is 1. The van der Waals surface area contributed by atoms with Gasteiger partial charge in [0.05, 0.1) is 0 Å². The number of pyridine rings is 1. The van der Waals surface area contributed by atoms with Crippen molar-refractivity contribution >= 4 is 21.7 Å². The number of aromatic nitrogens is 1. The number of ketones is 1. The Bertz CT molecular complexity index is 601. The largest absolute Gasteiger partial charge is 0.294 e. The van der Waals surface area contributed by atoms with E-state index in [0.29, 0.717) is 5.56 Å². The summed E-state index contributed by atoms with van der Waals surface area (Å²) in [6, 6.07) is 4.88. The van der Waals surface area contributed by atoms with Crippen molar-refractivity contribution in [3.05, 3.63) is 63.9 Å². The van der Waals surface area contributed by atoms with Gasteiger partial charge in [-0.05, 0) is 45.8 Å². The molecule has 0 fully saturated rings. The number of hydrogen-bond donors (Lipinski definition) is 0. The smallest absolute Gasteiger partial charge is 0.167 e. The number of halogens is 3. The van der Waals surface area contributed by atoms with Crippen LogP contribution in [0.2, 0.25) is 0 Å². The lowest BCUT2D eigenvalue weighted by Gasteiger charge is -2.02. The molecule has 0 saturated heterocycles. The van der Waals surface area contributed by atoms with E-state index in [9.17, 15) is 13.6 Å². The second kappa shape index (κ2) is 5.35. The first-order valence-electron chi connectivity index (χ1n) is 5.14. The zero-order valence-electron chi connectivity index (χ0n) is 9.16. The summed E-state index contributed by atoms with van der Waals surface area (Å²) in [5.74, 6) is -2.27. The molecule has 0 N–H and O–H groups in total. The minimum atomic E-state index is -1.02. The maximum atomic E-state index is 13.0. The van der Waals surface area contributed by atoms with Gasteiger partial charge in [0.25, 0.3) is 0 Å². The van der Waals surface area contributed by atoms with E-state index in [1.54, 1.807) is 18.5 Å². The minimum Gasteiger partial charge on any atom is -0.294 e. The van der Waals surface area contributed by atoms with Crippen LogP contribution in [-0.4, -0.2) is 10.8 Å². The average Bonchev–Trinajstić information content (AvgIpc) is 2.32. The monoisotopic (exact) mass is 311 g/mol. The number of carbonyl (C=O) groups is 1. The number of Topliss-reactive ketones (excluding diaryl/α,β-unsaturated/α-hetero) is 1. The van der Waals surface area contributed by atoms with Gasteiger partial charge in [0.1, 0.15) is 0 Å². The summed E-state index contributed by atoms with van der Waals surface area (Å²) in [5.41, 5.74) is 0.855. The Labute approximate surface area is 111 Å². The van der Waals surface area contributed by atoms with Crippen LogP contribution < -0.4 is 0 Å². The Hall–Kier alpha value is -1.62. The van der Waals surface area contributed by atoms with E-state index in [0.717, 1.165) is 16.6 Å². The van der Waals surface area contributed by atoms with Crippen LogP contribution >= 0.6 is 15.9 Å². The quantitative estimate of drug-likeness (QED) is 0.811. The lowest BCUT2D eigenvalue weighted by molar-refractivity contribution is 0.0992. The standard InChI is InChI=1S/C13H8BrF2NO/c14-10-3-8(6-17-7-10)4-13(18)9-1-2-11(15)12(16)5-9/h1-3,5-7H,4H2. The van der Waals surface area contributed by atoms with E-state index >= 15 is 0 Å². The summed E-state index contributed by atoms with van der Waals surface area (Å²) in [6.45, 7) is 0. The molecule has 1 aromatic carbocycles. The molecule has 0 aliphatic heterocycles. The third-order valence-electron chi connectivity index (χ3n) is 2.37. The van der Waals surface area contributed by atoms with Crippen LogP contribution in [0.25, 0.3) is 0 Å². The van der Waals surface area contributed by atoms with Gasteiger partial charge in [-0.2, -0.15) is 0 Å². The van der Waals surface area contributed by atoms with Gasteiger partial charge in [-0.1, -0.05) is 0 Å². The second-order valence-electron chi connectivity index (χ2n) is 3.74. The van der Waals surface area contributed by atoms with Crippen molar-refractivity contribution in [3.63, 3.8) is 0 Å². The Kier molecular flexibility index (Phi) is 3.81. The SMILES string of the molecule is O=C(Cc1cncc(Br)c1)c1ccc(F)c(F)c1. The fraction of sp³-hybridized carbons (Fsp3) is 0.0769. The van der Waals surface area contributed by atoms with E-state index in [4.69, 9.17) is 0 Å². The first-order chi connectivity index (χ1) is 8.56. The minimum absolute atomic E-state index is 0.0948. The van der Waals surface area contributed by atoms with Gasteiger partial charge < -0.3 is 0 Å². The molecule has 18 heavy (non-hydrogen) atoms. The Balaban J connectivity index is 2.19. The normalized spacial score (nSPS) is 10.4. The van der Waals surface area contributed by atoms with Crippen LogP contribution in [-0.2, 0) is 6.42 Å². The molecular weight excluding hydrogens is 304 g/mol. The average molecular weight is 312 g/mol. The highest BCUT2D eigenvalue weighted by Crippen LogP contribution is 2.14. The van der Waals surface area contributed by atoms with Crippen LogP contribution in [0.3, 0.4) is 0 Å². The number of hydrogen-bond acceptors (Lipinski definition) is 2. The van der Waals surface area contributed by atoms with Crippen molar-refractivity contribution in [3.8, 4) is 0 Å². The van der Waals surface area contributed by atoms with E-state index < -0.39 is 11.6 Å². The van der Waals surface area contributed by atoms with Gasteiger partial charge in [0, 0.05) is 28.9 Å². The van der Waals surface area contributed by atoms with Gasteiger partial charge in [-0.25, -0.2) is 8.78 Å². The van der Waals surface area contributed by atoms with Crippen molar-refractivity contribution in [1.29, 1.82) is 0 Å². The third-order valence-corrected chi connectivity index (χ3v) is 2.80. The number of rotatable bonds is 3. The van der Waals surface area contributed by atoms with E-state index in [-0.39, 0.29) is 17.8 Å². The summed E-state index contributed by atoms with van der Waals surface area (Å²) >= 11 is 3.25. The molecule has 0 amide bonds. The predicted octanol–water partition coefficient (Wildman–Crippen LogP) is 3.55. The van der Waals surface area contributed by atoms with Crippen LogP contribution in [0, 0.1) is 11.6 Å². The van der Waals surface area contributed by atoms with Crippen molar-refractivity contribution < 1.29 is 13.6 Å². The summed E-state index contributed by atoms with van der Waals surface area (Å²) in [5, 5.41) is 0. The van der Waals surface area contributed by atoms with Gasteiger partial charge in [-0.3, -0.25) is 9.78 Å². The molecule has 0 spiro atoms. The lowest BCUT2D eigenvalue weighted by atomic mass is 10.0. The van der Waals surface area contributed by atoms with Gasteiger partial charge in [-0.15, -0.1) is 0 Å². The molecule has 0 aliphatic rings. The molecule has 0 unspecified atom stereocenters. The second-order valence-corrected chi connectivity index (χ2v) is 4.66. The molecule has 5 heteroatoms. The Morgan fingerprint density at radius 2 is 1.94 bits per heavy atom. The van der Waals surface area contributed by atoms with E-state index in [1.165, 1.54) is 6.07 Å². The molecule has 1 aromatic heterocycles. The highest BCUT2D eigenvalue weighted by atomic mass is 79.9. The van der Waals surface area contributed by atoms with E-state index in [1.807, 2.05) is 0 Å². The fourth-order valence-electron chi connectivity index (χ4n) is 1.51. The van der Waals surface area contributed by atoms with Crippen LogP contribution in [0.1, 0.15) is 15.9 Å². The highest BCUT2D eigenvalue weighted by molar-refractivity contribution is 9.10. The van der Waals surface area contributed by atoms with Crippen LogP contribution in [0.4, 0.5) is 8.78 Å². The lowest BCUT2D eigenvalue weighted by Crippen LogP contribution is -2.05. The summed E-state index contributed by atoms with van der Waals surface area (Å²) in [4.78, 5) is 15.8. The molecule has 0 bridgehead atoms. The van der Waals surface area contributed by atoms with Gasteiger partial charge in [0.2, 0.25) is 0 Å². The maximum absolute atomic E-state index is 13.0. The Morgan fingerprint density at radius 1 is 1.17 bits per heavy atom. The van der Waals surface area contributed by atoms with Gasteiger partial charge >= 0.3 is 0 Å². The first-order valence-corrected chi connectivity index (χ1v) is 5.93. The van der Waals surface area contributed by atoms with Crippen molar-refractivity contribution in [2.24, 2.45) is 0 Å². The topological polar surface area (TPSA) is 30.0 Å². The van der Waals surface area contributed by atoms with Crippen LogP contribution in [0.5, 0.6) is 0 Å².